The third kappa shape index (κ3) is 3.16. The molecule has 0 aliphatic carbocycles. The second-order valence-electron chi connectivity index (χ2n) is 5.76. The third-order valence-electron chi connectivity index (χ3n) is 2.72. The maximum absolute atomic E-state index is 14.0. The molecular weight excluding hydrogens is 225 g/mol. The fourth-order valence-electron chi connectivity index (χ4n) is 1.93. The Labute approximate surface area is 108 Å². The molecule has 94 valence electrons. The Balaban J connectivity index is 2.31. The monoisotopic (exact) mass is 243 g/mol. The van der Waals surface area contributed by atoms with Crippen LogP contribution in [0.4, 0.5) is 4.39 Å². The lowest BCUT2D eigenvalue weighted by Crippen LogP contribution is -2.11. The molecule has 2 heteroatoms. The zero-order chi connectivity index (χ0) is 13.2. The summed E-state index contributed by atoms with van der Waals surface area (Å²) in [4.78, 5) is 4.35. The molecule has 1 aromatic heterocycles. The number of hydrogen-bond acceptors (Lipinski definition) is 1. The van der Waals surface area contributed by atoms with Gasteiger partial charge >= 0.3 is 0 Å². The van der Waals surface area contributed by atoms with E-state index >= 15 is 0 Å². The average molecular weight is 243 g/mol. The lowest BCUT2D eigenvalue weighted by atomic mass is 9.88. The number of nitrogens with zero attached hydrogens (tertiary/aromatic N) is 1. The largest absolute Gasteiger partial charge is 0.256 e. The van der Waals surface area contributed by atoms with E-state index in [9.17, 15) is 4.39 Å². The summed E-state index contributed by atoms with van der Waals surface area (Å²) in [6.07, 6.45) is 2.35. The van der Waals surface area contributed by atoms with E-state index in [1.54, 1.807) is 6.20 Å². The Morgan fingerprint density at radius 2 is 1.78 bits per heavy atom. The van der Waals surface area contributed by atoms with Crippen LogP contribution in [0.5, 0.6) is 0 Å². The molecule has 0 atom stereocenters. The molecule has 18 heavy (non-hydrogen) atoms. The summed E-state index contributed by atoms with van der Waals surface area (Å²) in [5.41, 5.74) is 2.38. The van der Waals surface area contributed by atoms with Gasteiger partial charge in [0.1, 0.15) is 5.82 Å². The van der Waals surface area contributed by atoms with E-state index in [-0.39, 0.29) is 11.2 Å². The van der Waals surface area contributed by atoms with Gasteiger partial charge in [0.25, 0.3) is 0 Å². The Bertz CT molecular complexity index is 527. The van der Waals surface area contributed by atoms with Crippen LogP contribution in [-0.2, 0) is 6.42 Å². The molecule has 0 N–H and O–H groups in total. The first kappa shape index (κ1) is 12.7. The lowest BCUT2D eigenvalue weighted by Gasteiger charge is -2.18. The molecule has 0 bridgehead atoms. The predicted octanol–water partition coefficient (Wildman–Crippen LogP) is 4.48. The first-order chi connectivity index (χ1) is 8.46. The molecule has 0 radical (unpaired) electrons. The number of halogens is 1. The van der Waals surface area contributed by atoms with Gasteiger partial charge in [-0.2, -0.15) is 0 Å². The molecule has 2 aromatic rings. The van der Waals surface area contributed by atoms with E-state index in [0.29, 0.717) is 17.7 Å². The summed E-state index contributed by atoms with van der Waals surface area (Å²) >= 11 is 0. The molecule has 0 spiro atoms. The van der Waals surface area contributed by atoms with Crippen molar-refractivity contribution in [3.63, 3.8) is 0 Å². The van der Waals surface area contributed by atoms with Gasteiger partial charge in [-0.15, -0.1) is 0 Å². The number of rotatable bonds is 2. The highest BCUT2D eigenvalue weighted by Gasteiger charge is 2.15. The van der Waals surface area contributed by atoms with Crippen molar-refractivity contribution in [3.05, 3.63) is 54.0 Å². The summed E-state index contributed by atoms with van der Waals surface area (Å²) < 4.78 is 14.0. The van der Waals surface area contributed by atoms with Crippen LogP contribution in [0.15, 0.2) is 42.6 Å². The van der Waals surface area contributed by atoms with Crippen LogP contribution in [0.3, 0.4) is 0 Å². The molecule has 0 aliphatic heterocycles. The fraction of sp³-hybridized carbons (Fsp3) is 0.312. The predicted molar refractivity (Wildman–Crippen MR) is 72.8 cm³/mol. The van der Waals surface area contributed by atoms with Gasteiger partial charge in [-0.25, -0.2) is 4.39 Å². The van der Waals surface area contributed by atoms with Crippen molar-refractivity contribution in [2.45, 2.75) is 27.2 Å². The quantitative estimate of drug-likeness (QED) is 0.758. The summed E-state index contributed by atoms with van der Waals surface area (Å²) in [5.74, 6) is -0.168. The second kappa shape index (κ2) is 4.89. The van der Waals surface area contributed by atoms with Gasteiger partial charge in [0.15, 0.2) is 0 Å². The SMILES string of the molecule is CC(C)(C)Cc1cnc(-c2ccccc2)cc1F. The third-order valence-corrected chi connectivity index (χ3v) is 2.72. The molecule has 2 rings (SSSR count). The van der Waals surface area contributed by atoms with Crippen LogP contribution < -0.4 is 0 Å². The van der Waals surface area contributed by atoms with Gasteiger partial charge in [-0.3, -0.25) is 4.98 Å². The lowest BCUT2D eigenvalue weighted by molar-refractivity contribution is 0.401. The van der Waals surface area contributed by atoms with Crippen LogP contribution in [-0.4, -0.2) is 4.98 Å². The van der Waals surface area contributed by atoms with Gasteiger partial charge in [-0.1, -0.05) is 51.1 Å². The first-order valence-electron chi connectivity index (χ1n) is 6.15. The Morgan fingerprint density at radius 1 is 1.11 bits per heavy atom. The molecule has 1 heterocycles. The van der Waals surface area contributed by atoms with Crippen molar-refractivity contribution in [2.75, 3.05) is 0 Å². The van der Waals surface area contributed by atoms with Crippen molar-refractivity contribution in [2.24, 2.45) is 5.41 Å². The standard InChI is InChI=1S/C16H18FN/c1-16(2,3)10-13-11-18-15(9-14(13)17)12-7-5-4-6-8-12/h4-9,11H,10H2,1-3H3. The van der Waals surface area contributed by atoms with E-state index in [2.05, 4.69) is 25.8 Å². The molecule has 0 fully saturated rings. The fourth-order valence-corrected chi connectivity index (χ4v) is 1.93. The normalized spacial score (nSPS) is 11.6. The van der Waals surface area contributed by atoms with Gasteiger partial charge in [0.2, 0.25) is 0 Å². The number of hydrogen-bond donors (Lipinski definition) is 0. The van der Waals surface area contributed by atoms with Gasteiger partial charge < -0.3 is 0 Å². The minimum Gasteiger partial charge on any atom is -0.256 e. The highest BCUT2D eigenvalue weighted by atomic mass is 19.1. The van der Waals surface area contributed by atoms with Crippen molar-refractivity contribution < 1.29 is 4.39 Å². The number of aromatic nitrogens is 1. The van der Waals surface area contributed by atoms with Gasteiger partial charge in [0.05, 0.1) is 5.69 Å². The summed E-state index contributed by atoms with van der Waals surface area (Å²) in [6.45, 7) is 6.28. The van der Waals surface area contributed by atoms with Crippen molar-refractivity contribution in [3.8, 4) is 11.3 Å². The van der Waals surface area contributed by atoms with Crippen molar-refractivity contribution >= 4 is 0 Å². The molecule has 0 saturated heterocycles. The first-order valence-corrected chi connectivity index (χ1v) is 6.15. The maximum atomic E-state index is 14.0. The topological polar surface area (TPSA) is 12.9 Å². The van der Waals surface area contributed by atoms with E-state index in [1.165, 1.54) is 6.07 Å². The smallest absolute Gasteiger partial charge is 0.130 e. The highest BCUT2D eigenvalue weighted by molar-refractivity contribution is 5.58. The Hall–Kier alpha value is -1.70. The Morgan fingerprint density at radius 3 is 2.33 bits per heavy atom. The highest BCUT2D eigenvalue weighted by Crippen LogP contribution is 2.24. The molecule has 0 unspecified atom stereocenters. The molecule has 1 nitrogen and oxygen atoms in total. The van der Waals surface area contributed by atoms with Crippen LogP contribution >= 0.6 is 0 Å². The summed E-state index contributed by atoms with van der Waals surface area (Å²) in [5, 5.41) is 0. The molecule has 0 saturated carbocycles. The van der Waals surface area contributed by atoms with Gasteiger partial charge in [0, 0.05) is 23.4 Å². The minimum atomic E-state index is -0.168. The molecule has 0 aliphatic rings. The zero-order valence-electron chi connectivity index (χ0n) is 11.1. The van der Waals surface area contributed by atoms with Crippen LogP contribution in [0, 0.1) is 11.2 Å². The van der Waals surface area contributed by atoms with Crippen LogP contribution in [0.2, 0.25) is 0 Å². The number of benzene rings is 1. The van der Waals surface area contributed by atoms with Crippen LogP contribution in [0.25, 0.3) is 11.3 Å². The molecule has 0 amide bonds. The summed E-state index contributed by atoms with van der Waals surface area (Å²) in [7, 11) is 0. The van der Waals surface area contributed by atoms with Gasteiger partial charge in [-0.05, 0) is 11.8 Å². The van der Waals surface area contributed by atoms with E-state index in [4.69, 9.17) is 0 Å². The zero-order valence-corrected chi connectivity index (χ0v) is 11.1. The summed E-state index contributed by atoms with van der Waals surface area (Å²) in [6, 6.07) is 11.2. The Kier molecular flexibility index (Phi) is 3.46. The second-order valence-corrected chi connectivity index (χ2v) is 5.76. The van der Waals surface area contributed by atoms with Crippen molar-refractivity contribution in [1.82, 2.24) is 4.98 Å². The van der Waals surface area contributed by atoms with Crippen molar-refractivity contribution in [1.29, 1.82) is 0 Å². The van der Waals surface area contributed by atoms with E-state index in [1.807, 2.05) is 30.3 Å². The minimum absolute atomic E-state index is 0.0663. The number of pyridine rings is 1. The van der Waals surface area contributed by atoms with E-state index < -0.39 is 0 Å². The molecular formula is C16H18FN. The average Bonchev–Trinajstić information content (AvgIpc) is 2.31. The molecule has 1 aromatic carbocycles. The van der Waals surface area contributed by atoms with Crippen LogP contribution in [0.1, 0.15) is 26.3 Å². The van der Waals surface area contributed by atoms with E-state index in [0.717, 1.165) is 5.56 Å². The maximum Gasteiger partial charge on any atom is 0.130 e.